The van der Waals surface area contributed by atoms with Crippen LogP contribution in [0.2, 0.25) is 25.7 Å². The minimum absolute atomic E-state index is 0.152. The molecule has 1 aliphatic rings. The molecular weight excluding hydrogens is 454 g/mol. The highest BCUT2D eigenvalue weighted by atomic mass is 28.3. The van der Waals surface area contributed by atoms with E-state index in [0.717, 1.165) is 6.04 Å². The first kappa shape index (κ1) is 26.0. The van der Waals surface area contributed by atoms with E-state index in [1.165, 1.54) is 4.90 Å². The maximum Gasteiger partial charge on any atom is 0.407 e. The zero-order valence-corrected chi connectivity index (χ0v) is 22.1. The normalized spacial score (nSPS) is 15.5. The van der Waals surface area contributed by atoms with Gasteiger partial charge < -0.3 is 29.4 Å². The van der Waals surface area contributed by atoms with E-state index in [-0.39, 0.29) is 18.7 Å². The molecule has 2 aromatic rings. The molecule has 0 saturated carbocycles. The van der Waals surface area contributed by atoms with Gasteiger partial charge in [0.15, 0.2) is 5.65 Å². The fourth-order valence-corrected chi connectivity index (χ4v) is 4.40. The largest absolute Gasteiger partial charge is 0.473 e. The van der Waals surface area contributed by atoms with Gasteiger partial charge in [-0.25, -0.2) is 14.8 Å². The Morgan fingerprint density at radius 2 is 1.91 bits per heavy atom. The van der Waals surface area contributed by atoms with Gasteiger partial charge in [0.2, 0.25) is 5.88 Å². The summed E-state index contributed by atoms with van der Waals surface area (Å²) in [5, 5.41) is 12.1. The first-order valence-electron chi connectivity index (χ1n) is 11.7. The van der Waals surface area contributed by atoms with Crippen LogP contribution in [0.4, 0.5) is 4.79 Å². The highest BCUT2D eigenvalue weighted by Gasteiger charge is 2.26. The number of hydrogen-bond acceptors (Lipinski definition) is 6. The second-order valence-electron chi connectivity index (χ2n) is 11.0. The predicted octanol–water partition coefficient (Wildman–Crippen LogP) is 3.79. The van der Waals surface area contributed by atoms with Crippen molar-refractivity contribution in [3.05, 3.63) is 18.0 Å². The number of nitrogens with zero attached hydrogens (tertiary/aromatic N) is 4. The number of hydrogen-bond donors (Lipinski definition) is 2. The molecule has 10 nitrogen and oxygen atoms in total. The van der Waals surface area contributed by atoms with E-state index in [0.29, 0.717) is 55.1 Å². The summed E-state index contributed by atoms with van der Waals surface area (Å²) < 4.78 is 13.7. The Hall–Kier alpha value is -2.66. The van der Waals surface area contributed by atoms with Crippen LogP contribution in [0.1, 0.15) is 44.0 Å². The van der Waals surface area contributed by atoms with Crippen LogP contribution < -0.4 is 10.1 Å². The van der Waals surface area contributed by atoms with Crippen molar-refractivity contribution in [2.24, 2.45) is 0 Å². The van der Waals surface area contributed by atoms with Crippen molar-refractivity contribution in [2.45, 2.75) is 77.7 Å². The minimum atomic E-state index is -1.21. The molecule has 0 unspecified atom stereocenters. The van der Waals surface area contributed by atoms with E-state index in [4.69, 9.17) is 14.6 Å². The van der Waals surface area contributed by atoms with Gasteiger partial charge in [-0.1, -0.05) is 19.6 Å². The summed E-state index contributed by atoms with van der Waals surface area (Å²) in [5.74, 6) is 0.0862. The van der Waals surface area contributed by atoms with E-state index in [2.05, 4.69) is 34.9 Å². The maximum atomic E-state index is 13.0. The van der Waals surface area contributed by atoms with Crippen LogP contribution in [0.3, 0.4) is 0 Å². The van der Waals surface area contributed by atoms with Gasteiger partial charge in [-0.05, 0) is 26.8 Å². The SMILES string of the molecule is CC(C)(C)NC(=O)c1cn(COCC[Si](C)(C)C)c2ncc(OC3CCN(C(=O)O)CC3)nc12. The van der Waals surface area contributed by atoms with E-state index in [1.807, 2.05) is 20.8 Å². The summed E-state index contributed by atoms with van der Waals surface area (Å²) in [5.41, 5.74) is 1.02. The number of rotatable bonds is 8. The molecule has 3 rings (SSSR count). The molecular formula is C23H37N5O5Si. The number of fused-ring (bicyclic) bond motifs is 1. The van der Waals surface area contributed by atoms with Crippen LogP contribution in [-0.4, -0.2) is 76.0 Å². The lowest BCUT2D eigenvalue weighted by Crippen LogP contribution is -2.41. The number of aromatic nitrogens is 3. The van der Waals surface area contributed by atoms with E-state index < -0.39 is 19.7 Å². The number of nitrogens with one attached hydrogen (secondary N) is 1. The standard InChI is InChI=1S/C23H37N5O5Si/c1-23(2,3)26-21(29)17-14-28(15-32-11-12-34(4,5)6)20-19(17)25-18(13-24-20)33-16-7-9-27(10-8-16)22(30)31/h13-14,16H,7-12,15H2,1-6H3,(H,26,29)(H,30,31). The molecule has 0 bridgehead atoms. The third kappa shape index (κ3) is 7.17. The summed E-state index contributed by atoms with van der Waals surface area (Å²) in [6, 6.07) is 1.05. The van der Waals surface area contributed by atoms with Crippen molar-refractivity contribution in [3.8, 4) is 5.88 Å². The van der Waals surface area contributed by atoms with E-state index in [1.54, 1.807) is 17.0 Å². The number of carbonyl (C=O) groups excluding carboxylic acids is 1. The molecule has 3 heterocycles. The fraction of sp³-hybridized carbons (Fsp3) is 0.652. The van der Waals surface area contributed by atoms with E-state index in [9.17, 15) is 9.59 Å². The molecule has 0 atom stereocenters. The minimum Gasteiger partial charge on any atom is -0.473 e. The zero-order valence-electron chi connectivity index (χ0n) is 21.1. The van der Waals surface area contributed by atoms with Crippen LogP contribution in [-0.2, 0) is 11.5 Å². The van der Waals surface area contributed by atoms with Crippen LogP contribution in [0.15, 0.2) is 12.4 Å². The van der Waals surface area contributed by atoms with Gasteiger partial charge in [-0.2, -0.15) is 0 Å². The molecule has 1 fully saturated rings. The Morgan fingerprint density at radius 3 is 2.50 bits per heavy atom. The summed E-state index contributed by atoms with van der Waals surface area (Å²) in [6.45, 7) is 14.4. The number of carbonyl (C=O) groups is 2. The quantitative estimate of drug-likeness (QED) is 0.426. The van der Waals surface area contributed by atoms with Crippen molar-refractivity contribution >= 4 is 31.2 Å². The number of amides is 2. The summed E-state index contributed by atoms with van der Waals surface area (Å²) in [4.78, 5) is 34.7. The van der Waals surface area contributed by atoms with Gasteiger partial charge in [0.05, 0.1) is 11.8 Å². The molecule has 0 aromatic carbocycles. The van der Waals surface area contributed by atoms with Gasteiger partial charge in [0.1, 0.15) is 18.4 Å². The molecule has 0 spiro atoms. The summed E-state index contributed by atoms with van der Waals surface area (Å²) in [6.07, 6.45) is 3.37. The number of piperidine rings is 1. The summed E-state index contributed by atoms with van der Waals surface area (Å²) >= 11 is 0. The highest BCUT2D eigenvalue weighted by Crippen LogP contribution is 2.24. The van der Waals surface area contributed by atoms with Gasteiger partial charge in [-0.3, -0.25) is 4.79 Å². The lowest BCUT2D eigenvalue weighted by atomic mass is 10.1. The smallest absolute Gasteiger partial charge is 0.407 e. The van der Waals surface area contributed by atoms with E-state index >= 15 is 0 Å². The second kappa shape index (κ2) is 10.3. The molecule has 1 aliphatic heterocycles. The molecule has 2 aromatic heterocycles. The first-order valence-corrected chi connectivity index (χ1v) is 15.4. The lowest BCUT2D eigenvalue weighted by Gasteiger charge is -2.29. The molecule has 1 saturated heterocycles. The Morgan fingerprint density at radius 1 is 1.24 bits per heavy atom. The van der Waals surface area contributed by atoms with Crippen molar-refractivity contribution in [1.29, 1.82) is 0 Å². The van der Waals surface area contributed by atoms with Crippen molar-refractivity contribution in [1.82, 2.24) is 24.8 Å². The van der Waals surface area contributed by atoms with Crippen molar-refractivity contribution in [2.75, 3.05) is 19.7 Å². The molecule has 0 aliphatic carbocycles. The lowest BCUT2D eigenvalue weighted by molar-refractivity contribution is 0.0863. The summed E-state index contributed by atoms with van der Waals surface area (Å²) in [7, 11) is -1.21. The molecule has 2 N–H and O–H groups in total. The highest BCUT2D eigenvalue weighted by molar-refractivity contribution is 6.76. The Balaban J connectivity index is 1.80. The zero-order chi connectivity index (χ0) is 25.1. The van der Waals surface area contributed by atoms with Gasteiger partial charge in [0.25, 0.3) is 5.91 Å². The van der Waals surface area contributed by atoms with Crippen LogP contribution in [0.5, 0.6) is 5.88 Å². The van der Waals surface area contributed by atoms with Crippen LogP contribution in [0, 0.1) is 0 Å². The van der Waals surface area contributed by atoms with Gasteiger partial charge >= 0.3 is 6.09 Å². The first-order chi connectivity index (χ1) is 15.8. The number of ether oxygens (including phenoxy) is 2. The third-order valence-corrected chi connectivity index (χ3v) is 7.21. The van der Waals surface area contributed by atoms with Crippen LogP contribution >= 0.6 is 0 Å². The van der Waals surface area contributed by atoms with Gasteiger partial charge in [0, 0.05) is 52.3 Å². The number of likely N-dealkylation sites (tertiary alicyclic amines) is 1. The molecule has 34 heavy (non-hydrogen) atoms. The van der Waals surface area contributed by atoms with Crippen LogP contribution in [0.25, 0.3) is 11.2 Å². The molecule has 2 amide bonds. The van der Waals surface area contributed by atoms with Crippen molar-refractivity contribution in [3.63, 3.8) is 0 Å². The molecule has 0 radical (unpaired) electrons. The average Bonchev–Trinajstić information content (AvgIpc) is 3.08. The molecule has 11 heteroatoms. The Labute approximate surface area is 201 Å². The predicted molar refractivity (Wildman–Crippen MR) is 132 cm³/mol. The second-order valence-corrected chi connectivity index (χ2v) is 16.7. The maximum absolute atomic E-state index is 13.0. The Kier molecular flexibility index (Phi) is 7.86. The third-order valence-electron chi connectivity index (χ3n) is 5.50. The molecule has 188 valence electrons. The topological polar surface area (TPSA) is 119 Å². The van der Waals surface area contributed by atoms with Gasteiger partial charge in [-0.15, -0.1) is 0 Å². The Bertz CT molecular complexity index is 1020. The fourth-order valence-electron chi connectivity index (χ4n) is 3.64. The number of carboxylic acid groups (broad SMARTS) is 1. The van der Waals surface area contributed by atoms with Crippen molar-refractivity contribution < 1.29 is 24.2 Å². The monoisotopic (exact) mass is 491 g/mol. The average molecular weight is 492 g/mol.